The number of hydrogen-bond donors (Lipinski definition) is 2. The fourth-order valence-corrected chi connectivity index (χ4v) is 2.62. The summed E-state index contributed by atoms with van der Waals surface area (Å²) in [5.74, 6) is 0.0928. The number of nitrogens with one attached hydrogen (secondary N) is 1. The zero-order valence-corrected chi connectivity index (χ0v) is 16.3. The first-order valence-corrected chi connectivity index (χ1v) is 9.45. The molecule has 2 atom stereocenters. The molecule has 0 aromatic carbocycles. The summed E-state index contributed by atoms with van der Waals surface area (Å²) in [6.07, 6.45) is 8.87. The van der Waals surface area contributed by atoms with E-state index >= 15 is 0 Å². The van der Waals surface area contributed by atoms with Gasteiger partial charge < -0.3 is 20.1 Å². The van der Waals surface area contributed by atoms with Crippen molar-refractivity contribution in [2.75, 3.05) is 13.7 Å². The molecular formula is C19H36N2O4. The zero-order valence-electron chi connectivity index (χ0n) is 16.3. The molecule has 0 spiro atoms. The van der Waals surface area contributed by atoms with E-state index in [2.05, 4.69) is 19.2 Å². The maximum absolute atomic E-state index is 12.2. The van der Waals surface area contributed by atoms with Gasteiger partial charge in [-0.2, -0.15) is 0 Å². The lowest BCUT2D eigenvalue weighted by Crippen LogP contribution is -2.51. The second-order valence-corrected chi connectivity index (χ2v) is 7.19. The van der Waals surface area contributed by atoms with E-state index in [1.807, 2.05) is 0 Å². The maximum atomic E-state index is 12.2. The van der Waals surface area contributed by atoms with E-state index in [-0.39, 0.29) is 5.91 Å². The van der Waals surface area contributed by atoms with Crippen LogP contribution < -0.4 is 5.32 Å². The third-order valence-corrected chi connectivity index (χ3v) is 4.33. The van der Waals surface area contributed by atoms with Crippen LogP contribution in [-0.2, 0) is 14.4 Å². The molecule has 0 aliphatic heterocycles. The molecule has 0 heterocycles. The van der Waals surface area contributed by atoms with Crippen molar-refractivity contribution in [2.24, 2.45) is 5.92 Å². The number of aliphatic hydroxyl groups excluding tert-OH is 1. The third kappa shape index (κ3) is 10.9. The van der Waals surface area contributed by atoms with Crippen LogP contribution in [0.3, 0.4) is 0 Å². The third-order valence-electron chi connectivity index (χ3n) is 4.33. The number of amides is 2. The average molecular weight is 357 g/mol. The van der Waals surface area contributed by atoms with Gasteiger partial charge in [-0.15, -0.1) is 0 Å². The van der Waals surface area contributed by atoms with Crippen LogP contribution in [0.1, 0.15) is 72.1 Å². The van der Waals surface area contributed by atoms with Gasteiger partial charge in [0.1, 0.15) is 12.3 Å². The Balaban J connectivity index is 4.02. The fourth-order valence-electron chi connectivity index (χ4n) is 2.62. The van der Waals surface area contributed by atoms with Crippen molar-refractivity contribution in [3.63, 3.8) is 0 Å². The highest BCUT2D eigenvalue weighted by Gasteiger charge is 2.26. The summed E-state index contributed by atoms with van der Waals surface area (Å²) in [5.41, 5.74) is 0. The Morgan fingerprint density at radius 3 is 2.12 bits per heavy atom. The molecule has 146 valence electrons. The molecule has 0 radical (unpaired) electrons. The van der Waals surface area contributed by atoms with Gasteiger partial charge in [-0.25, -0.2) is 0 Å². The Morgan fingerprint density at radius 1 is 1.04 bits per heavy atom. The standard InChI is InChI=1S/C19H36N2O4/c1-15(2)11-9-7-5-6-8-10-12-18(24)21(4)17(14-23)19(25)20-16(3)13-22/h13,15-17,23H,5-12,14H2,1-4H3,(H,20,25)/t16-,17+/m0/s1. The number of likely N-dealkylation sites (N-methyl/N-ethyl adjacent to an activating group) is 1. The Kier molecular flexibility index (Phi) is 13.0. The number of carbonyl (C=O) groups excluding carboxylic acids is 3. The van der Waals surface area contributed by atoms with Crippen LogP contribution in [-0.4, -0.2) is 53.8 Å². The predicted octanol–water partition coefficient (Wildman–Crippen LogP) is 2.29. The normalized spacial score (nSPS) is 13.4. The van der Waals surface area contributed by atoms with Crippen LogP contribution in [0.4, 0.5) is 0 Å². The molecule has 0 aliphatic rings. The molecule has 0 aromatic heterocycles. The first-order chi connectivity index (χ1) is 11.8. The molecule has 0 aromatic rings. The molecule has 0 fully saturated rings. The lowest BCUT2D eigenvalue weighted by atomic mass is 10.0. The summed E-state index contributed by atoms with van der Waals surface area (Å²) in [5, 5.41) is 11.8. The van der Waals surface area contributed by atoms with Crippen molar-refractivity contribution >= 4 is 18.1 Å². The molecule has 0 rings (SSSR count). The Labute approximate surface area is 152 Å². The highest BCUT2D eigenvalue weighted by atomic mass is 16.3. The quantitative estimate of drug-likeness (QED) is 0.369. The molecule has 0 saturated heterocycles. The molecule has 0 unspecified atom stereocenters. The lowest BCUT2D eigenvalue weighted by molar-refractivity contribution is -0.141. The van der Waals surface area contributed by atoms with Crippen molar-refractivity contribution in [3.8, 4) is 0 Å². The Morgan fingerprint density at radius 2 is 1.60 bits per heavy atom. The molecule has 6 nitrogen and oxygen atoms in total. The SMILES string of the molecule is CC(C)CCCCCCCCC(=O)N(C)[C@H](CO)C(=O)N[C@@H](C)C=O. The monoisotopic (exact) mass is 356 g/mol. The molecule has 6 heteroatoms. The van der Waals surface area contributed by atoms with Gasteiger partial charge in [0.2, 0.25) is 11.8 Å². The summed E-state index contributed by atoms with van der Waals surface area (Å²) >= 11 is 0. The van der Waals surface area contributed by atoms with Gasteiger partial charge in [-0.3, -0.25) is 9.59 Å². The number of nitrogens with zero attached hydrogens (tertiary/aromatic N) is 1. The van der Waals surface area contributed by atoms with Crippen molar-refractivity contribution < 1.29 is 19.5 Å². The smallest absolute Gasteiger partial charge is 0.245 e. The minimum Gasteiger partial charge on any atom is -0.394 e. The predicted molar refractivity (Wildman–Crippen MR) is 99.1 cm³/mol. The largest absolute Gasteiger partial charge is 0.394 e. The highest BCUT2D eigenvalue weighted by molar-refractivity contribution is 5.89. The van der Waals surface area contributed by atoms with Gasteiger partial charge >= 0.3 is 0 Å². The lowest BCUT2D eigenvalue weighted by Gasteiger charge is -2.26. The minimum atomic E-state index is -0.953. The second kappa shape index (κ2) is 13.8. The van der Waals surface area contributed by atoms with Crippen LogP contribution in [0.5, 0.6) is 0 Å². The number of hydrogen-bond acceptors (Lipinski definition) is 4. The van der Waals surface area contributed by atoms with E-state index in [1.165, 1.54) is 37.6 Å². The van der Waals surface area contributed by atoms with Crippen molar-refractivity contribution in [2.45, 2.75) is 84.2 Å². The molecule has 2 N–H and O–H groups in total. The minimum absolute atomic E-state index is 0.159. The zero-order chi connectivity index (χ0) is 19.2. The molecule has 0 aliphatic carbocycles. The summed E-state index contributed by atoms with van der Waals surface area (Å²) in [7, 11) is 1.51. The van der Waals surface area contributed by atoms with Crippen LogP contribution in [0.2, 0.25) is 0 Å². The van der Waals surface area contributed by atoms with Crippen molar-refractivity contribution in [1.29, 1.82) is 0 Å². The summed E-state index contributed by atoms with van der Waals surface area (Å²) in [4.78, 5) is 36.0. The number of aliphatic hydroxyl groups is 1. The van der Waals surface area contributed by atoms with Crippen LogP contribution in [0.15, 0.2) is 0 Å². The first-order valence-electron chi connectivity index (χ1n) is 9.45. The Bertz CT molecular complexity index is 399. The molecule has 25 heavy (non-hydrogen) atoms. The summed E-state index contributed by atoms with van der Waals surface area (Å²) in [6, 6.07) is -1.59. The molecule has 0 saturated carbocycles. The maximum Gasteiger partial charge on any atom is 0.245 e. The van der Waals surface area contributed by atoms with Gasteiger partial charge in [0.15, 0.2) is 0 Å². The topological polar surface area (TPSA) is 86.7 Å². The fraction of sp³-hybridized carbons (Fsp3) is 0.842. The van der Waals surface area contributed by atoms with Crippen molar-refractivity contribution in [1.82, 2.24) is 10.2 Å². The highest BCUT2D eigenvalue weighted by Crippen LogP contribution is 2.12. The van der Waals surface area contributed by atoms with Crippen LogP contribution in [0.25, 0.3) is 0 Å². The number of aldehydes is 1. The second-order valence-electron chi connectivity index (χ2n) is 7.19. The number of unbranched alkanes of at least 4 members (excludes halogenated alkanes) is 5. The molecular weight excluding hydrogens is 320 g/mol. The molecule has 0 bridgehead atoms. The van der Waals surface area contributed by atoms with E-state index in [4.69, 9.17) is 0 Å². The van der Waals surface area contributed by atoms with Gasteiger partial charge in [0.25, 0.3) is 0 Å². The van der Waals surface area contributed by atoms with Crippen LogP contribution >= 0.6 is 0 Å². The van der Waals surface area contributed by atoms with E-state index in [0.717, 1.165) is 25.2 Å². The van der Waals surface area contributed by atoms with E-state index < -0.39 is 24.6 Å². The number of rotatable bonds is 14. The molecule has 2 amide bonds. The van der Waals surface area contributed by atoms with Gasteiger partial charge in [0, 0.05) is 13.5 Å². The first kappa shape index (κ1) is 23.6. The van der Waals surface area contributed by atoms with Gasteiger partial charge in [-0.1, -0.05) is 52.4 Å². The van der Waals surface area contributed by atoms with E-state index in [1.54, 1.807) is 6.92 Å². The van der Waals surface area contributed by atoms with Gasteiger partial charge in [0.05, 0.1) is 12.6 Å². The Hall–Kier alpha value is -1.43. The average Bonchev–Trinajstić information content (AvgIpc) is 2.56. The van der Waals surface area contributed by atoms with Gasteiger partial charge in [-0.05, 0) is 19.3 Å². The number of carbonyl (C=O) groups is 3. The van der Waals surface area contributed by atoms with E-state index in [9.17, 15) is 19.5 Å². The summed E-state index contributed by atoms with van der Waals surface area (Å²) < 4.78 is 0. The van der Waals surface area contributed by atoms with Crippen molar-refractivity contribution in [3.05, 3.63) is 0 Å². The van der Waals surface area contributed by atoms with E-state index in [0.29, 0.717) is 12.7 Å². The summed E-state index contributed by atoms with van der Waals surface area (Å²) in [6.45, 7) is 5.56. The van der Waals surface area contributed by atoms with Crippen LogP contribution in [0, 0.1) is 5.92 Å².